The molecule has 0 aliphatic rings. The van der Waals surface area contributed by atoms with Crippen LogP contribution in [0.15, 0.2) is 11.0 Å². The van der Waals surface area contributed by atoms with Crippen LogP contribution >= 0.6 is 22.0 Å². The van der Waals surface area contributed by atoms with Crippen molar-refractivity contribution in [3.05, 3.63) is 15.8 Å². The zero-order valence-electron chi connectivity index (χ0n) is 10.5. The van der Waals surface area contributed by atoms with Gasteiger partial charge in [0.15, 0.2) is 0 Å². The molecule has 0 unspecified atom stereocenters. The van der Waals surface area contributed by atoms with Crippen LogP contribution in [0, 0.1) is 6.92 Å². The molecule has 0 aromatic carbocycles. The summed E-state index contributed by atoms with van der Waals surface area (Å²) >= 11 is 0.797. The van der Waals surface area contributed by atoms with Gasteiger partial charge >= 0.3 is 6.18 Å². The highest BCUT2D eigenvalue weighted by atomic mass is 35.7. The molecule has 0 spiro atoms. The Morgan fingerprint density at radius 3 is 2.35 bits per heavy atom. The van der Waals surface area contributed by atoms with Gasteiger partial charge in [0.25, 0.3) is 15.0 Å². The first-order valence-corrected chi connectivity index (χ1v) is 8.49. The van der Waals surface area contributed by atoms with Crippen molar-refractivity contribution in [1.82, 2.24) is 4.90 Å². The van der Waals surface area contributed by atoms with Gasteiger partial charge in [-0.1, -0.05) is 0 Å². The molecule has 0 atom stereocenters. The molecule has 1 amide bonds. The maximum atomic E-state index is 12.3. The third-order valence-corrected chi connectivity index (χ3v) is 5.00. The standard InChI is InChI=1S/C10H11ClF3NO3S2/c1-3-15(5-10(12,13)14)9(16)7-4-8(6(2)19-7)20(11,17)18/h4H,3,5H2,1-2H3. The molecule has 0 aliphatic carbocycles. The first-order valence-electron chi connectivity index (χ1n) is 5.37. The van der Waals surface area contributed by atoms with Gasteiger partial charge in [0.05, 0.1) is 9.77 Å². The van der Waals surface area contributed by atoms with E-state index in [0.29, 0.717) is 4.90 Å². The number of hydrogen-bond donors (Lipinski definition) is 0. The quantitative estimate of drug-likeness (QED) is 0.785. The number of carbonyl (C=O) groups is 1. The summed E-state index contributed by atoms with van der Waals surface area (Å²) < 4.78 is 59.5. The maximum Gasteiger partial charge on any atom is 0.406 e. The molecule has 1 aromatic rings. The molecule has 0 saturated heterocycles. The van der Waals surface area contributed by atoms with E-state index in [0.717, 1.165) is 17.4 Å². The Bertz CT molecular complexity index is 610. The van der Waals surface area contributed by atoms with Crippen LogP contribution in [0.25, 0.3) is 0 Å². The van der Waals surface area contributed by atoms with Crippen LogP contribution in [-0.4, -0.2) is 38.5 Å². The number of alkyl halides is 3. The summed E-state index contributed by atoms with van der Waals surface area (Å²) in [5.41, 5.74) is 0. The summed E-state index contributed by atoms with van der Waals surface area (Å²) in [5, 5.41) is 0. The van der Waals surface area contributed by atoms with Crippen LogP contribution < -0.4 is 0 Å². The maximum absolute atomic E-state index is 12.3. The van der Waals surface area contributed by atoms with E-state index in [1.165, 1.54) is 13.8 Å². The summed E-state index contributed by atoms with van der Waals surface area (Å²) in [7, 11) is 1.15. The van der Waals surface area contributed by atoms with Crippen LogP contribution in [0.4, 0.5) is 13.2 Å². The van der Waals surface area contributed by atoms with E-state index in [9.17, 15) is 26.4 Å². The summed E-state index contributed by atoms with van der Waals surface area (Å²) in [6, 6.07) is 1.00. The van der Waals surface area contributed by atoms with Crippen molar-refractivity contribution in [2.24, 2.45) is 0 Å². The zero-order chi connectivity index (χ0) is 15.7. The van der Waals surface area contributed by atoms with E-state index < -0.39 is 27.7 Å². The average molecular weight is 350 g/mol. The Labute approximate surface area is 122 Å². The Kier molecular flexibility index (Phi) is 5.09. The van der Waals surface area contributed by atoms with E-state index in [1.54, 1.807) is 0 Å². The Morgan fingerprint density at radius 2 is 2.00 bits per heavy atom. The lowest BCUT2D eigenvalue weighted by atomic mass is 10.3. The highest BCUT2D eigenvalue weighted by molar-refractivity contribution is 8.13. The molecule has 1 aromatic heterocycles. The Hall–Kier alpha value is -0.800. The summed E-state index contributed by atoms with van der Waals surface area (Å²) in [6.45, 7) is 1.31. The number of carbonyl (C=O) groups excluding carboxylic acids is 1. The number of rotatable bonds is 4. The van der Waals surface area contributed by atoms with Gasteiger partial charge in [0.2, 0.25) is 0 Å². The molecule has 0 aliphatic heterocycles. The lowest BCUT2D eigenvalue weighted by molar-refractivity contribution is -0.140. The van der Waals surface area contributed by atoms with Gasteiger partial charge in [0, 0.05) is 22.1 Å². The van der Waals surface area contributed by atoms with E-state index >= 15 is 0 Å². The highest BCUT2D eigenvalue weighted by Crippen LogP contribution is 2.29. The minimum atomic E-state index is -4.51. The number of amides is 1. The van der Waals surface area contributed by atoms with Crippen molar-refractivity contribution >= 4 is 37.0 Å². The second-order valence-electron chi connectivity index (χ2n) is 3.90. The van der Waals surface area contributed by atoms with Crippen LogP contribution in [0.5, 0.6) is 0 Å². The third-order valence-electron chi connectivity index (χ3n) is 2.38. The minimum Gasteiger partial charge on any atom is -0.329 e. The minimum absolute atomic E-state index is 0.0900. The highest BCUT2D eigenvalue weighted by Gasteiger charge is 2.33. The Morgan fingerprint density at radius 1 is 1.45 bits per heavy atom. The fourth-order valence-electron chi connectivity index (χ4n) is 1.51. The van der Waals surface area contributed by atoms with Gasteiger partial charge in [-0.2, -0.15) is 13.2 Å². The van der Waals surface area contributed by atoms with Crippen molar-refractivity contribution in [3.8, 4) is 0 Å². The van der Waals surface area contributed by atoms with Crippen LogP contribution in [0.2, 0.25) is 0 Å². The first kappa shape index (κ1) is 17.3. The monoisotopic (exact) mass is 349 g/mol. The van der Waals surface area contributed by atoms with Gasteiger partial charge in [-0.05, 0) is 19.9 Å². The van der Waals surface area contributed by atoms with Crippen molar-refractivity contribution in [3.63, 3.8) is 0 Å². The summed E-state index contributed by atoms with van der Waals surface area (Å²) in [6.07, 6.45) is -4.51. The van der Waals surface area contributed by atoms with Gasteiger partial charge in [-0.15, -0.1) is 11.3 Å². The van der Waals surface area contributed by atoms with E-state index in [1.807, 2.05) is 0 Å². The van der Waals surface area contributed by atoms with E-state index in [-0.39, 0.29) is 21.2 Å². The molecule has 10 heteroatoms. The predicted octanol–water partition coefficient (Wildman–Crippen LogP) is 3.01. The molecule has 20 heavy (non-hydrogen) atoms. The van der Waals surface area contributed by atoms with Gasteiger partial charge in [-0.25, -0.2) is 8.42 Å². The molecule has 1 heterocycles. The number of hydrogen-bond acceptors (Lipinski definition) is 4. The lowest BCUT2D eigenvalue weighted by Gasteiger charge is -2.21. The van der Waals surface area contributed by atoms with Gasteiger partial charge in [0.1, 0.15) is 6.54 Å². The van der Waals surface area contributed by atoms with Gasteiger partial charge in [-0.3, -0.25) is 4.79 Å². The number of aryl methyl sites for hydroxylation is 1. The summed E-state index contributed by atoms with van der Waals surface area (Å²) in [4.78, 5) is 12.4. The molecule has 0 bridgehead atoms. The van der Waals surface area contributed by atoms with Crippen molar-refractivity contribution < 1.29 is 26.4 Å². The molecule has 0 saturated carbocycles. The van der Waals surface area contributed by atoms with Crippen LogP contribution in [0.1, 0.15) is 21.5 Å². The molecular weight excluding hydrogens is 339 g/mol. The smallest absolute Gasteiger partial charge is 0.329 e. The molecule has 0 radical (unpaired) electrons. The number of nitrogens with zero attached hydrogens (tertiary/aromatic N) is 1. The molecule has 0 N–H and O–H groups in total. The largest absolute Gasteiger partial charge is 0.406 e. The average Bonchev–Trinajstić information content (AvgIpc) is 2.65. The zero-order valence-corrected chi connectivity index (χ0v) is 12.9. The van der Waals surface area contributed by atoms with Crippen molar-refractivity contribution in [2.45, 2.75) is 24.9 Å². The fourth-order valence-corrected chi connectivity index (χ4v) is 4.14. The number of halogens is 4. The number of thiophene rings is 1. The molecule has 1 rings (SSSR count). The van der Waals surface area contributed by atoms with Crippen molar-refractivity contribution in [2.75, 3.05) is 13.1 Å². The second kappa shape index (κ2) is 5.90. The normalized spacial score (nSPS) is 12.5. The molecule has 114 valence electrons. The second-order valence-corrected chi connectivity index (χ2v) is 7.69. The summed E-state index contributed by atoms with van der Waals surface area (Å²) in [5.74, 6) is -0.871. The Balaban J connectivity index is 3.09. The molecule has 4 nitrogen and oxygen atoms in total. The third kappa shape index (κ3) is 4.35. The van der Waals surface area contributed by atoms with Gasteiger partial charge < -0.3 is 4.90 Å². The van der Waals surface area contributed by atoms with Crippen LogP contribution in [-0.2, 0) is 9.05 Å². The SMILES string of the molecule is CCN(CC(F)(F)F)C(=O)c1cc(S(=O)(=O)Cl)c(C)s1. The molecule has 0 fully saturated rings. The topological polar surface area (TPSA) is 54.5 Å². The van der Waals surface area contributed by atoms with E-state index in [2.05, 4.69) is 0 Å². The van der Waals surface area contributed by atoms with E-state index in [4.69, 9.17) is 10.7 Å². The lowest BCUT2D eigenvalue weighted by Crippen LogP contribution is -2.38. The molecular formula is C10H11ClF3NO3S2. The van der Waals surface area contributed by atoms with Crippen molar-refractivity contribution in [1.29, 1.82) is 0 Å². The fraction of sp³-hybridized carbons (Fsp3) is 0.500. The predicted molar refractivity (Wildman–Crippen MR) is 69.7 cm³/mol. The van der Waals surface area contributed by atoms with Crippen LogP contribution in [0.3, 0.4) is 0 Å². The first-order chi connectivity index (χ1) is 8.95.